The van der Waals surface area contributed by atoms with E-state index in [1.165, 1.54) is 0 Å². The Balaban J connectivity index is 1.74. The number of nitrogens with one attached hydrogen (secondary N) is 1. The zero-order valence-electron chi connectivity index (χ0n) is 13.3. The quantitative estimate of drug-likeness (QED) is 0.640. The van der Waals surface area contributed by atoms with Crippen molar-refractivity contribution in [1.29, 1.82) is 0 Å². The first-order valence-corrected chi connectivity index (χ1v) is 7.99. The van der Waals surface area contributed by atoms with Gasteiger partial charge in [-0.1, -0.05) is 6.92 Å². The normalized spacial score (nSPS) is 28.3. The molecule has 2 atom stereocenters. The molecule has 0 aromatic heterocycles. The van der Waals surface area contributed by atoms with Gasteiger partial charge in [-0.15, -0.1) is 0 Å². The SMILES string of the molecule is CCNC1CCC2(CC1OCCOCCOC)OCCO2. The molecular weight excluding hydrogens is 274 g/mol. The maximum Gasteiger partial charge on any atom is 0.171 e. The van der Waals surface area contributed by atoms with E-state index in [9.17, 15) is 0 Å². The average Bonchev–Trinajstić information content (AvgIpc) is 2.94. The zero-order valence-corrected chi connectivity index (χ0v) is 13.3. The summed E-state index contributed by atoms with van der Waals surface area (Å²) < 4.78 is 28.1. The second kappa shape index (κ2) is 9.02. The largest absolute Gasteiger partial charge is 0.382 e. The van der Waals surface area contributed by atoms with Crippen molar-refractivity contribution in [3.63, 3.8) is 0 Å². The summed E-state index contributed by atoms with van der Waals surface area (Å²) in [6, 6.07) is 0.368. The summed E-state index contributed by atoms with van der Waals surface area (Å²) in [4.78, 5) is 0. The predicted molar refractivity (Wildman–Crippen MR) is 78.4 cm³/mol. The van der Waals surface area contributed by atoms with Gasteiger partial charge in [0.1, 0.15) is 0 Å². The van der Waals surface area contributed by atoms with E-state index in [0.717, 1.165) is 25.8 Å². The van der Waals surface area contributed by atoms with Crippen LogP contribution in [0.5, 0.6) is 0 Å². The van der Waals surface area contributed by atoms with Crippen LogP contribution in [0.25, 0.3) is 0 Å². The Morgan fingerprint density at radius 1 is 1.14 bits per heavy atom. The van der Waals surface area contributed by atoms with Gasteiger partial charge in [0.2, 0.25) is 0 Å². The Morgan fingerprint density at radius 3 is 2.62 bits per heavy atom. The zero-order chi connectivity index (χ0) is 15.0. The molecule has 1 spiro atoms. The summed E-state index contributed by atoms with van der Waals surface area (Å²) in [5.74, 6) is -0.409. The second-order valence-electron chi connectivity index (χ2n) is 5.53. The molecule has 0 aromatic carbocycles. The molecule has 2 unspecified atom stereocenters. The summed E-state index contributed by atoms with van der Waals surface area (Å²) in [6.07, 6.45) is 2.86. The summed E-state index contributed by atoms with van der Waals surface area (Å²) in [5, 5.41) is 3.51. The number of methoxy groups -OCH3 is 1. The fraction of sp³-hybridized carbons (Fsp3) is 1.00. The van der Waals surface area contributed by atoms with E-state index in [2.05, 4.69) is 12.2 Å². The van der Waals surface area contributed by atoms with Crippen molar-refractivity contribution in [3.05, 3.63) is 0 Å². The molecule has 1 heterocycles. The lowest BCUT2D eigenvalue weighted by molar-refractivity contribution is -0.208. The third kappa shape index (κ3) is 5.16. The van der Waals surface area contributed by atoms with E-state index in [4.69, 9.17) is 23.7 Å². The molecule has 6 heteroatoms. The molecule has 124 valence electrons. The number of likely N-dealkylation sites (N-methyl/N-ethyl adjacent to an activating group) is 1. The van der Waals surface area contributed by atoms with Gasteiger partial charge in [0, 0.05) is 26.0 Å². The van der Waals surface area contributed by atoms with Crippen LogP contribution in [0, 0.1) is 0 Å². The van der Waals surface area contributed by atoms with Gasteiger partial charge in [-0.3, -0.25) is 0 Å². The fourth-order valence-electron chi connectivity index (χ4n) is 3.04. The molecule has 1 aliphatic heterocycles. The van der Waals surface area contributed by atoms with Crippen molar-refractivity contribution in [1.82, 2.24) is 5.32 Å². The lowest BCUT2D eigenvalue weighted by atomic mass is 9.87. The molecule has 1 saturated heterocycles. The van der Waals surface area contributed by atoms with Crippen LogP contribution in [0.1, 0.15) is 26.2 Å². The van der Waals surface area contributed by atoms with Gasteiger partial charge in [-0.2, -0.15) is 0 Å². The lowest BCUT2D eigenvalue weighted by Crippen LogP contribution is -2.52. The van der Waals surface area contributed by atoms with Crippen molar-refractivity contribution in [2.75, 3.05) is 53.3 Å². The minimum absolute atomic E-state index is 0.114. The van der Waals surface area contributed by atoms with Gasteiger partial charge in [0.05, 0.1) is 45.7 Å². The van der Waals surface area contributed by atoms with E-state index in [1.54, 1.807) is 7.11 Å². The molecule has 21 heavy (non-hydrogen) atoms. The van der Waals surface area contributed by atoms with Crippen molar-refractivity contribution >= 4 is 0 Å². The Hall–Kier alpha value is -0.240. The van der Waals surface area contributed by atoms with Crippen molar-refractivity contribution in [2.45, 2.75) is 44.1 Å². The first kappa shape index (κ1) is 17.1. The molecular formula is C15H29NO5. The predicted octanol–water partition coefficient (Wildman–Crippen LogP) is 0.940. The van der Waals surface area contributed by atoms with E-state index in [1.807, 2.05) is 0 Å². The summed E-state index contributed by atoms with van der Waals surface area (Å²) in [5.41, 5.74) is 0. The summed E-state index contributed by atoms with van der Waals surface area (Å²) in [6.45, 7) is 6.87. The highest BCUT2D eigenvalue weighted by molar-refractivity contribution is 4.92. The highest BCUT2D eigenvalue weighted by atomic mass is 16.7. The Bertz CT molecular complexity index is 283. The molecule has 0 amide bonds. The number of ether oxygens (including phenoxy) is 5. The molecule has 2 fully saturated rings. The van der Waals surface area contributed by atoms with Gasteiger partial charge in [-0.25, -0.2) is 0 Å². The highest BCUT2D eigenvalue weighted by Crippen LogP contribution is 2.37. The van der Waals surface area contributed by atoms with Crippen LogP contribution in [0.4, 0.5) is 0 Å². The number of hydrogen-bond acceptors (Lipinski definition) is 6. The maximum absolute atomic E-state index is 6.03. The van der Waals surface area contributed by atoms with Crippen molar-refractivity contribution in [2.24, 2.45) is 0 Å². The minimum atomic E-state index is -0.409. The molecule has 1 saturated carbocycles. The van der Waals surface area contributed by atoms with Gasteiger partial charge < -0.3 is 29.0 Å². The van der Waals surface area contributed by atoms with E-state index >= 15 is 0 Å². The summed E-state index contributed by atoms with van der Waals surface area (Å²) in [7, 11) is 1.67. The van der Waals surface area contributed by atoms with E-state index < -0.39 is 5.79 Å². The van der Waals surface area contributed by atoms with Gasteiger partial charge in [0.15, 0.2) is 5.79 Å². The van der Waals surface area contributed by atoms with E-state index in [0.29, 0.717) is 45.7 Å². The molecule has 2 rings (SSSR count). The van der Waals surface area contributed by atoms with Gasteiger partial charge >= 0.3 is 0 Å². The van der Waals surface area contributed by atoms with Crippen LogP contribution in [0.15, 0.2) is 0 Å². The lowest BCUT2D eigenvalue weighted by Gasteiger charge is -2.41. The summed E-state index contributed by atoms with van der Waals surface area (Å²) >= 11 is 0. The van der Waals surface area contributed by atoms with Gasteiger partial charge in [0.25, 0.3) is 0 Å². The molecule has 1 aliphatic carbocycles. The third-order valence-electron chi connectivity index (χ3n) is 4.07. The average molecular weight is 303 g/mol. The first-order chi connectivity index (χ1) is 10.3. The van der Waals surface area contributed by atoms with Crippen molar-refractivity contribution < 1.29 is 23.7 Å². The highest BCUT2D eigenvalue weighted by Gasteiger charge is 2.45. The molecule has 2 aliphatic rings. The van der Waals surface area contributed by atoms with Gasteiger partial charge in [-0.05, 0) is 13.0 Å². The molecule has 0 aromatic rings. The monoisotopic (exact) mass is 303 g/mol. The minimum Gasteiger partial charge on any atom is -0.382 e. The molecule has 6 nitrogen and oxygen atoms in total. The topological polar surface area (TPSA) is 58.2 Å². The number of hydrogen-bond donors (Lipinski definition) is 1. The van der Waals surface area contributed by atoms with Crippen LogP contribution in [0.2, 0.25) is 0 Å². The van der Waals surface area contributed by atoms with Crippen LogP contribution in [0.3, 0.4) is 0 Å². The first-order valence-electron chi connectivity index (χ1n) is 7.99. The Morgan fingerprint density at radius 2 is 1.90 bits per heavy atom. The maximum atomic E-state index is 6.03. The second-order valence-corrected chi connectivity index (χ2v) is 5.53. The van der Waals surface area contributed by atoms with Crippen LogP contribution in [-0.4, -0.2) is 71.2 Å². The number of rotatable bonds is 9. The van der Waals surface area contributed by atoms with Crippen LogP contribution in [-0.2, 0) is 23.7 Å². The molecule has 1 N–H and O–H groups in total. The van der Waals surface area contributed by atoms with Crippen molar-refractivity contribution in [3.8, 4) is 0 Å². The standard InChI is InChI=1S/C15H29NO5/c1-3-16-13-4-5-15(20-10-11-21-15)12-14(13)19-9-8-18-7-6-17-2/h13-14,16H,3-12H2,1-2H3. The van der Waals surface area contributed by atoms with E-state index in [-0.39, 0.29) is 6.10 Å². The smallest absolute Gasteiger partial charge is 0.171 e. The van der Waals surface area contributed by atoms with Crippen LogP contribution < -0.4 is 5.32 Å². The molecule has 0 bridgehead atoms. The fourth-order valence-corrected chi connectivity index (χ4v) is 3.04. The molecule has 0 radical (unpaired) electrons. The Labute approximate surface area is 127 Å². The Kier molecular flexibility index (Phi) is 7.36. The third-order valence-corrected chi connectivity index (χ3v) is 4.07. The van der Waals surface area contributed by atoms with Crippen LogP contribution >= 0.6 is 0 Å².